The number of rotatable bonds is 9. The molecule has 0 aliphatic carbocycles. The largest absolute Gasteiger partial charge is 0.490 e. The summed E-state index contributed by atoms with van der Waals surface area (Å²) in [7, 11) is 1.65. The van der Waals surface area contributed by atoms with E-state index >= 15 is 0 Å². The van der Waals surface area contributed by atoms with Crippen LogP contribution in [-0.2, 0) is 14.3 Å². The first kappa shape index (κ1) is 21.4. The first-order valence-corrected chi connectivity index (χ1v) is 10.2. The highest BCUT2D eigenvalue weighted by atomic mass is 32.1. The third kappa shape index (κ3) is 3.91. The minimum Gasteiger partial charge on any atom is -0.490 e. The van der Waals surface area contributed by atoms with Crippen LogP contribution < -0.4 is 14.8 Å². The molecule has 1 N–H and O–H groups in total. The van der Waals surface area contributed by atoms with Gasteiger partial charge in [-0.25, -0.2) is 0 Å². The fourth-order valence-electron chi connectivity index (χ4n) is 3.99. The molecule has 2 heterocycles. The average molecular weight is 421 g/mol. The van der Waals surface area contributed by atoms with Gasteiger partial charge in [0.2, 0.25) is 0 Å². The van der Waals surface area contributed by atoms with Gasteiger partial charge in [-0.05, 0) is 38.6 Å². The molecule has 1 aromatic rings. The first-order chi connectivity index (χ1) is 14.0. The SMILES string of the molecule is C=CCOC(=O)[C@H]1[C@H]2NC(=S)N(CCCOC)[C@@]1(C)Oc1c(OCC)cccc12. The molecule has 29 heavy (non-hydrogen) atoms. The number of esters is 1. The maximum absolute atomic E-state index is 13.1. The Balaban J connectivity index is 2.06. The standard InChI is InChI=1S/C21H28N2O5S/c1-5-12-27-19(24)16-17-14-9-7-10-15(26-6-2)18(14)28-21(16,3)23(20(29)22-17)11-8-13-25-4/h5,7,9-10,16-17H,1,6,8,11-13H2,2-4H3,(H,22,29)/t16-,17+,21+/m1/s1. The molecule has 2 bridgehead atoms. The second-order valence-corrected chi connectivity index (χ2v) is 7.47. The highest BCUT2D eigenvalue weighted by Gasteiger charge is 2.59. The third-order valence-corrected chi connectivity index (χ3v) is 5.59. The summed E-state index contributed by atoms with van der Waals surface area (Å²) in [5.41, 5.74) is -0.202. The number of hydrogen-bond donors (Lipinski definition) is 1. The number of nitrogens with one attached hydrogen (secondary N) is 1. The van der Waals surface area contributed by atoms with Crippen molar-refractivity contribution < 1.29 is 23.7 Å². The number of carbonyl (C=O) groups is 1. The fraction of sp³-hybridized carbons (Fsp3) is 0.524. The summed E-state index contributed by atoms with van der Waals surface area (Å²) >= 11 is 5.64. The molecule has 0 saturated carbocycles. The summed E-state index contributed by atoms with van der Waals surface area (Å²) in [5, 5.41) is 3.87. The van der Waals surface area contributed by atoms with Gasteiger partial charge < -0.3 is 29.2 Å². The van der Waals surface area contributed by atoms with Crippen molar-refractivity contribution in [2.45, 2.75) is 32.0 Å². The highest BCUT2D eigenvalue weighted by molar-refractivity contribution is 7.80. The van der Waals surface area contributed by atoms with Gasteiger partial charge in [0, 0.05) is 25.8 Å². The van der Waals surface area contributed by atoms with Crippen LogP contribution in [-0.4, -0.2) is 55.2 Å². The van der Waals surface area contributed by atoms with Crippen LogP contribution in [0, 0.1) is 5.92 Å². The Hall–Kier alpha value is -2.32. The lowest BCUT2D eigenvalue weighted by Crippen LogP contribution is -2.71. The molecule has 2 aliphatic rings. The van der Waals surface area contributed by atoms with Crippen LogP contribution in [0.5, 0.6) is 11.5 Å². The second kappa shape index (κ2) is 9.00. The van der Waals surface area contributed by atoms with Crippen molar-refractivity contribution in [1.82, 2.24) is 10.2 Å². The summed E-state index contributed by atoms with van der Waals surface area (Å²) in [4.78, 5) is 15.0. The monoisotopic (exact) mass is 420 g/mol. The van der Waals surface area contributed by atoms with Gasteiger partial charge >= 0.3 is 5.97 Å². The predicted octanol–water partition coefficient (Wildman–Crippen LogP) is 2.81. The van der Waals surface area contributed by atoms with E-state index in [0.29, 0.717) is 36.4 Å². The summed E-state index contributed by atoms with van der Waals surface area (Å²) in [6, 6.07) is 5.29. The van der Waals surface area contributed by atoms with Crippen molar-refractivity contribution in [3.8, 4) is 11.5 Å². The zero-order valence-corrected chi connectivity index (χ0v) is 17.9. The van der Waals surface area contributed by atoms with Gasteiger partial charge in [0.25, 0.3) is 0 Å². The Bertz CT molecular complexity index is 786. The van der Waals surface area contributed by atoms with Gasteiger partial charge in [-0.1, -0.05) is 24.8 Å². The number of carbonyl (C=O) groups excluding carboxylic acids is 1. The van der Waals surface area contributed by atoms with E-state index in [9.17, 15) is 4.79 Å². The molecular weight excluding hydrogens is 392 g/mol. The number of benzene rings is 1. The molecule has 0 radical (unpaired) electrons. The van der Waals surface area contributed by atoms with Gasteiger partial charge in [-0.15, -0.1) is 0 Å². The molecule has 0 unspecified atom stereocenters. The Morgan fingerprint density at radius 1 is 1.48 bits per heavy atom. The number of nitrogens with zero attached hydrogens (tertiary/aromatic N) is 1. The Labute approximate surface area is 176 Å². The van der Waals surface area contributed by atoms with Crippen LogP contribution >= 0.6 is 12.2 Å². The lowest BCUT2D eigenvalue weighted by Gasteiger charge is -2.55. The molecule has 1 saturated heterocycles. The summed E-state index contributed by atoms with van der Waals surface area (Å²) in [5.74, 6) is 0.282. The molecule has 3 atom stereocenters. The maximum Gasteiger partial charge on any atom is 0.317 e. The van der Waals surface area contributed by atoms with Gasteiger partial charge in [0.1, 0.15) is 12.5 Å². The number of ether oxygens (including phenoxy) is 4. The van der Waals surface area contributed by atoms with E-state index in [2.05, 4.69) is 11.9 Å². The van der Waals surface area contributed by atoms with Crippen molar-refractivity contribution in [3.63, 3.8) is 0 Å². The second-order valence-electron chi connectivity index (χ2n) is 7.09. The van der Waals surface area contributed by atoms with Crippen molar-refractivity contribution in [3.05, 3.63) is 36.4 Å². The van der Waals surface area contributed by atoms with E-state index in [0.717, 1.165) is 12.0 Å². The molecule has 1 fully saturated rings. The van der Waals surface area contributed by atoms with E-state index in [-0.39, 0.29) is 18.6 Å². The Morgan fingerprint density at radius 2 is 2.28 bits per heavy atom. The molecular formula is C21H28N2O5S. The molecule has 0 amide bonds. The Kier molecular flexibility index (Phi) is 6.64. The van der Waals surface area contributed by atoms with Gasteiger partial charge in [-0.2, -0.15) is 0 Å². The van der Waals surface area contributed by atoms with E-state index in [1.165, 1.54) is 0 Å². The molecule has 7 nitrogen and oxygen atoms in total. The van der Waals surface area contributed by atoms with E-state index in [1.54, 1.807) is 13.2 Å². The van der Waals surface area contributed by atoms with E-state index in [4.69, 9.17) is 31.2 Å². The molecule has 158 valence electrons. The van der Waals surface area contributed by atoms with Crippen LogP contribution in [0.2, 0.25) is 0 Å². The van der Waals surface area contributed by atoms with Crippen LogP contribution in [0.4, 0.5) is 0 Å². The van der Waals surface area contributed by atoms with Crippen LogP contribution in [0.15, 0.2) is 30.9 Å². The van der Waals surface area contributed by atoms with E-state index in [1.807, 2.05) is 36.9 Å². The number of hydrogen-bond acceptors (Lipinski definition) is 6. The summed E-state index contributed by atoms with van der Waals surface area (Å²) in [6.07, 6.45) is 2.28. The topological polar surface area (TPSA) is 69.3 Å². The van der Waals surface area contributed by atoms with Crippen molar-refractivity contribution in [2.24, 2.45) is 5.92 Å². The summed E-state index contributed by atoms with van der Waals surface area (Å²) < 4.78 is 22.9. The first-order valence-electron chi connectivity index (χ1n) is 9.77. The molecule has 0 aromatic heterocycles. The smallest absolute Gasteiger partial charge is 0.317 e. The van der Waals surface area contributed by atoms with Crippen LogP contribution in [0.3, 0.4) is 0 Å². The maximum atomic E-state index is 13.1. The number of methoxy groups -OCH3 is 1. The van der Waals surface area contributed by atoms with E-state index < -0.39 is 11.6 Å². The number of fused-ring (bicyclic) bond motifs is 4. The van der Waals surface area contributed by atoms with Gasteiger partial charge in [0.15, 0.2) is 22.3 Å². The predicted molar refractivity (Wildman–Crippen MR) is 113 cm³/mol. The quantitative estimate of drug-likeness (QED) is 0.283. The van der Waals surface area contributed by atoms with Crippen molar-refractivity contribution in [2.75, 3.05) is 33.5 Å². The zero-order chi connectivity index (χ0) is 21.0. The average Bonchev–Trinajstić information content (AvgIpc) is 2.69. The zero-order valence-electron chi connectivity index (χ0n) is 17.1. The van der Waals surface area contributed by atoms with Gasteiger partial charge in [-0.3, -0.25) is 4.79 Å². The minimum atomic E-state index is -1.03. The minimum absolute atomic E-state index is 0.137. The lowest BCUT2D eigenvalue weighted by atomic mass is 9.79. The van der Waals surface area contributed by atoms with Crippen molar-refractivity contribution >= 4 is 23.3 Å². The molecule has 0 spiro atoms. The molecule has 1 aromatic carbocycles. The third-order valence-electron chi connectivity index (χ3n) is 5.25. The molecule has 2 aliphatic heterocycles. The molecule has 3 rings (SSSR count). The van der Waals surface area contributed by atoms with Crippen LogP contribution in [0.1, 0.15) is 31.9 Å². The summed E-state index contributed by atoms with van der Waals surface area (Å²) in [6.45, 7) is 9.22. The Morgan fingerprint density at radius 3 is 2.97 bits per heavy atom. The molecule has 8 heteroatoms. The normalized spacial score (nSPS) is 24.8. The highest BCUT2D eigenvalue weighted by Crippen LogP contribution is 2.51. The van der Waals surface area contributed by atoms with Gasteiger partial charge in [0.05, 0.1) is 12.6 Å². The number of para-hydroxylation sites is 1. The van der Waals surface area contributed by atoms with Crippen LogP contribution in [0.25, 0.3) is 0 Å². The number of thiocarbonyl (C=S) groups is 1. The van der Waals surface area contributed by atoms with Crippen molar-refractivity contribution in [1.29, 1.82) is 0 Å². The fourth-order valence-corrected chi connectivity index (χ4v) is 4.39. The lowest BCUT2D eigenvalue weighted by molar-refractivity contribution is -0.175.